The van der Waals surface area contributed by atoms with Crippen molar-refractivity contribution < 1.29 is 4.21 Å². The molecule has 66 valence electrons. The first-order valence-electron chi connectivity index (χ1n) is 2.94. The SMILES string of the molecule is CS(=O)c1c(N)nc(N)nc1Cl. The minimum atomic E-state index is -1.30. The summed E-state index contributed by atoms with van der Waals surface area (Å²) in [7, 11) is -1.30. The van der Waals surface area contributed by atoms with Crippen LogP contribution in [0.4, 0.5) is 11.8 Å². The van der Waals surface area contributed by atoms with Crippen molar-refractivity contribution in [2.75, 3.05) is 17.7 Å². The molecule has 1 heterocycles. The third-order valence-corrected chi connectivity index (χ3v) is 2.52. The zero-order valence-corrected chi connectivity index (χ0v) is 7.82. The molecule has 1 unspecified atom stereocenters. The molecule has 5 nitrogen and oxygen atoms in total. The van der Waals surface area contributed by atoms with E-state index in [-0.39, 0.29) is 21.8 Å². The molecular formula is C5H7ClN4OS. The van der Waals surface area contributed by atoms with Gasteiger partial charge in [0.15, 0.2) is 5.15 Å². The average Bonchev–Trinajstić information content (AvgIpc) is 1.82. The lowest BCUT2D eigenvalue weighted by Crippen LogP contribution is -2.05. The topological polar surface area (TPSA) is 94.9 Å². The molecule has 7 heteroatoms. The van der Waals surface area contributed by atoms with E-state index in [0.29, 0.717) is 0 Å². The van der Waals surface area contributed by atoms with Gasteiger partial charge in [-0.15, -0.1) is 0 Å². The van der Waals surface area contributed by atoms with Gasteiger partial charge in [-0.2, -0.15) is 9.97 Å². The second-order valence-electron chi connectivity index (χ2n) is 2.04. The Bertz CT molecular complexity index is 319. The van der Waals surface area contributed by atoms with Gasteiger partial charge in [0.05, 0.1) is 10.8 Å². The molecule has 0 aliphatic carbocycles. The zero-order chi connectivity index (χ0) is 9.30. The Hall–Kier alpha value is -0.880. The van der Waals surface area contributed by atoms with Crippen LogP contribution in [-0.4, -0.2) is 20.4 Å². The first-order chi connectivity index (χ1) is 5.52. The quantitative estimate of drug-likeness (QED) is 0.633. The number of nitrogens with two attached hydrogens (primary N) is 2. The summed E-state index contributed by atoms with van der Waals surface area (Å²) in [5, 5.41) is 0.0424. The zero-order valence-electron chi connectivity index (χ0n) is 6.24. The van der Waals surface area contributed by atoms with Gasteiger partial charge < -0.3 is 11.5 Å². The highest BCUT2D eigenvalue weighted by atomic mass is 35.5. The first kappa shape index (κ1) is 9.21. The molecule has 1 atom stereocenters. The molecule has 0 radical (unpaired) electrons. The molecule has 0 saturated carbocycles. The number of nitrogens with zero attached hydrogens (tertiary/aromatic N) is 2. The van der Waals surface area contributed by atoms with E-state index in [1.54, 1.807) is 0 Å². The van der Waals surface area contributed by atoms with Crippen molar-refractivity contribution in [3.8, 4) is 0 Å². The number of halogens is 1. The highest BCUT2D eigenvalue weighted by molar-refractivity contribution is 7.84. The molecular weight excluding hydrogens is 200 g/mol. The van der Waals surface area contributed by atoms with E-state index in [0.717, 1.165) is 0 Å². The maximum absolute atomic E-state index is 11.0. The van der Waals surface area contributed by atoms with Gasteiger partial charge in [-0.3, -0.25) is 4.21 Å². The summed E-state index contributed by atoms with van der Waals surface area (Å²) in [6.45, 7) is 0. The van der Waals surface area contributed by atoms with Gasteiger partial charge in [0.1, 0.15) is 10.7 Å². The summed E-state index contributed by atoms with van der Waals surface area (Å²) in [6.07, 6.45) is 1.44. The molecule has 0 aliphatic heterocycles. The average molecular weight is 207 g/mol. The lowest BCUT2D eigenvalue weighted by atomic mass is 10.6. The Morgan fingerprint density at radius 3 is 2.42 bits per heavy atom. The fourth-order valence-corrected chi connectivity index (χ4v) is 1.85. The van der Waals surface area contributed by atoms with Crippen molar-refractivity contribution >= 4 is 34.2 Å². The number of hydrogen-bond acceptors (Lipinski definition) is 5. The molecule has 0 amide bonds. The maximum Gasteiger partial charge on any atom is 0.223 e. The van der Waals surface area contributed by atoms with E-state index in [4.69, 9.17) is 23.1 Å². The molecule has 0 aromatic carbocycles. The molecule has 0 saturated heterocycles. The van der Waals surface area contributed by atoms with Gasteiger partial charge >= 0.3 is 0 Å². The van der Waals surface area contributed by atoms with Gasteiger partial charge in [0, 0.05) is 6.26 Å². The van der Waals surface area contributed by atoms with Gasteiger partial charge in [-0.1, -0.05) is 11.6 Å². The second kappa shape index (κ2) is 3.24. The van der Waals surface area contributed by atoms with Crippen LogP contribution in [-0.2, 0) is 10.8 Å². The fraction of sp³-hybridized carbons (Fsp3) is 0.200. The summed E-state index contributed by atoms with van der Waals surface area (Å²) < 4.78 is 11.0. The molecule has 12 heavy (non-hydrogen) atoms. The van der Waals surface area contributed by atoms with Crippen LogP contribution in [0.3, 0.4) is 0 Å². The summed E-state index contributed by atoms with van der Waals surface area (Å²) in [4.78, 5) is 7.46. The third-order valence-electron chi connectivity index (χ3n) is 1.16. The minimum Gasteiger partial charge on any atom is -0.382 e. The van der Waals surface area contributed by atoms with E-state index in [9.17, 15) is 4.21 Å². The normalized spacial score (nSPS) is 12.8. The van der Waals surface area contributed by atoms with Gasteiger partial charge in [0.25, 0.3) is 0 Å². The molecule has 0 spiro atoms. The fourth-order valence-electron chi connectivity index (χ4n) is 0.722. The summed E-state index contributed by atoms with van der Waals surface area (Å²) >= 11 is 5.63. The Kier molecular flexibility index (Phi) is 2.49. The highest BCUT2D eigenvalue weighted by Gasteiger charge is 2.12. The third kappa shape index (κ3) is 1.64. The molecule has 4 N–H and O–H groups in total. The Balaban J connectivity index is 3.38. The largest absolute Gasteiger partial charge is 0.382 e. The minimum absolute atomic E-state index is 0.0216. The van der Waals surface area contributed by atoms with Crippen molar-refractivity contribution in [2.24, 2.45) is 0 Å². The van der Waals surface area contributed by atoms with E-state index >= 15 is 0 Å². The Labute approximate surface area is 76.6 Å². The van der Waals surface area contributed by atoms with Gasteiger partial charge in [-0.25, -0.2) is 0 Å². The van der Waals surface area contributed by atoms with Crippen molar-refractivity contribution in [1.82, 2.24) is 9.97 Å². The number of rotatable bonds is 1. The van der Waals surface area contributed by atoms with Crippen LogP contribution in [0.25, 0.3) is 0 Å². The summed E-state index contributed by atoms with van der Waals surface area (Å²) in [6, 6.07) is 0. The van der Waals surface area contributed by atoms with Crippen molar-refractivity contribution in [3.63, 3.8) is 0 Å². The van der Waals surface area contributed by atoms with E-state index in [1.807, 2.05) is 0 Å². The van der Waals surface area contributed by atoms with Crippen LogP contribution < -0.4 is 11.5 Å². The van der Waals surface area contributed by atoms with Gasteiger partial charge in [0.2, 0.25) is 5.95 Å². The Morgan fingerprint density at radius 1 is 1.42 bits per heavy atom. The number of nitrogen functional groups attached to an aromatic ring is 2. The van der Waals surface area contributed by atoms with E-state index in [2.05, 4.69) is 9.97 Å². The molecule has 1 aromatic rings. The van der Waals surface area contributed by atoms with Crippen LogP contribution >= 0.6 is 11.6 Å². The summed E-state index contributed by atoms with van der Waals surface area (Å²) in [5.41, 5.74) is 10.7. The molecule has 0 aliphatic rings. The molecule has 0 bridgehead atoms. The van der Waals surface area contributed by atoms with Crippen molar-refractivity contribution in [1.29, 1.82) is 0 Å². The molecule has 1 rings (SSSR count). The first-order valence-corrected chi connectivity index (χ1v) is 4.88. The highest BCUT2D eigenvalue weighted by Crippen LogP contribution is 2.22. The van der Waals surface area contributed by atoms with Crippen LogP contribution in [0.15, 0.2) is 4.90 Å². The molecule has 0 fully saturated rings. The standard InChI is InChI=1S/C5H7ClN4OS/c1-12(11)2-3(6)9-5(8)10-4(2)7/h1H3,(H4,7,8,9,10). The second-order valence-corrected chi connectivity index (χ2v) is 3.72. The summed E-state index contributed by atoms with van der Waals surface area (Å²) in [5.74, 6) is 0.0417. The van der Waals surface area contributed by atoms with Crippen molar-refractivity contribution in [3.05, 3.63) is 5.15 Å². The monoisotopic (exact) mass is 206 g/mol. The van der Waals surface area contributed by atoms with Crippen molar-refractivity contribution in [2.45, 2.75) is 4.90 Å². The predicted octanol–water partition coefficient (Wildman–Crippen LogP) is 0.0318. The van der Waals surface area contributed by atoms with Crippen LogP contribution in [0, 0.1) is 0 Å². The van der Waals surface area contributed by atoms with Crippen LogP contribution in [0.2, 0.25) is 5.15 Å². The van der Waals surface area contributed by atoms with E-state index < -0.39 is 10.8 Å². The number of hydrogen-bond donors (Lipinski definition) is 2. The van der Waals surface area contributed by atoms with E-state index in [1.165, 1.54) is 6.26 Å². The number of anilines is 2. The van der Waals surface area contributed by atoms with Crippen LogP contribution in [0.5, 0.6) is 0 Å². The smallest absolute Gasteiger partial charge is 0.223 e. The van der Waals surface area contributed by atoms with Crippen LogP contribution in [0.1, 0.15) is 0 Å². The molecule has 1 aromatic heterocycles. The lowest BCUT2D eigenvalue weighted by Gasteiger charge is -2.03. The predicted molar refractivity (Wildman–Crippen MR) is 48.2 cm³/mol. The number of aromatic nitrogens is 2. The van der Waals surface area contributed by atoms with Gasteiger partial charge in [-0.05, 0) is 0 Å². The Morgan fingerprint density at radius 2 is 2.00 bits per heavy atom. The lowest BCUT2D eigenvalue weighted by molar-refractivity contribution is 0.686. The maximum atomic E-state index is 11.0.